The van der Waals surface area contributed by atoms with Crippen LogP contribution in [0.1, 0.15) is 25.3 Å². The van der Waals surface area contributed by atoms with Crippen LogP contribution in [0.3, 0.4) is 0 Å². The van der Waals surface area contributed by atoms with E-state index in [9.17, 15) is 0 Å². The highest BCUT2D eigenvalue weighted by molar-refractivity contribution is 9.10. The quantitative estimate of drug-likeness (QED) is 0.424. The topological polar surface area (TPSA) is 48.1 Å². The normalized spacial score (nSPS) is 17.1. The van der Waals surface area contributed by atoms with Gasteiger partial charge in [-0.1, -0.05) is 28.1 Å². The fourth-order valence-corrected chi connectivity index (χ4v) is 4.36. The van der Waals surface area contributed by atoms with Gasteiger partial charge in [-0.15, -0.1) is 11.3 Å². The van der Waals surface area contributed by atoms with Crippen molar-refractivity contribution in [1.82, 2.24) is 4.68 Å². The Hall–Kier alpha value is -2.22. The molecule has 1 aliphatic rings. The summed E-state index contributed by atoms with van der Waals surface area (Å²) in [4.78, 5) is 5.68. The molecule has 0 amide bonds. The van der Waals surface area contributed by atoms with Crippen molar-refractivity contribution in [1.29, 1.82) is 0 Å². The molecule has 0 bridgehead atoms. The predicted octanol–water partition coefficient (Wildman–Crippen LogP) is 5.34. The van der Waals surface area contributed by atoms with Crippen molar-refractivity contribution in [3.8, 4) is 17.0 Å². The summed E-state index contributed by atoms with van der Waals surface area (Å²) in [6.45, 7) is 4.14. The Bertz CT molecular complexity index is 1050. The summed E-state index contributed by atoms with van der Waals surface area (Å²) in [6.07, 6.45) is 4.26. The molecule has 30 heavy (non-hydrogen) atoms. The molecule has 5 nitrogen and oxygen atoms in total. The fourth-order valence-electron chi connectivity index (χ4n) is 3.25. The Balaban J connectivity index is 1.66. The first-order chi connectivity index (χ1) is 14.7. The summed E-state index contributed by atoms with van der Waals surface area (Å²) in [5.41, 5.74) is 3.11. The minimum Gasteiger partial charge on any atom is -0.494 e. The second-order valence-corrected chi connectivity index (χ2v) is 8.70. The first-order valence-electron chi connectivity index (χ1n) is 10.1. The number of hydrogen-bond donors (Lipinski definition) is 0. The Kier molecular flexibility index (Phi) is 7.15. The van der Waals surface area contributed by atoms with Crippen molar-refractivity contribution in [3.05, 3.63) is 68.7 Å². The number of nitrogens with zero attached hydrogens (tertiary/aromatic N) is 3. The van der Waals surface area contributed by atoms with E-state index in [-0.39, 0.29) is 6.10 Å². The van der Waals surface area contributed by atoms with Crippen LogP contribution >= 0.6 is 27.3 Å². The molecule has 7 heteroatoms. The molecule has 1 aromatic heterocycles. The third-order valence-corrected chi connectivity index (χ3v) is 6.18. The molecule has 1 unspecified atom stereocenters. The minimum absolute atomic E-state index is 0.215. The zero-order valence-electron chi connectivity index (χ0n) is 16.8. The summed E-state index contributed by atoms with van der Waals surface area (Å²) >= 11 is 5.10. The smallest absolute Gasteiger partial charge is 0.206 e. The van der Waals surface area contributed by atoms with Gasteiger partial charge >= 0.3 is 0 Å². The van der Waals surface area contributed by atoms with E-state index in [0.29, 0.717) is 13.2 Å². The average Bonchev–Trinajstić information content (AvgIpc) is 3.42. The number of aromatic nitrogens is 1. The van der Waals surface area contributed by atoms with Crippen LogP contribution in [0.4, 0.5) is 0 Å². The van der Waals surface area contributed by atoms with E-state index in [1.54, 1.807) is 11.3 Å². The molecule has 0 spiro atoms. The van der Waals surface area contributed by atoms with E-state index in [0.717, 1.165) is 51.3 Å². The monoisotopic (exact) mass is 485 g/mol. The molecule has 2 aromatic carbocycles. The first kappa shape index (κ1) is 21.0. The zero-order valence-corrected chi connectivity index (χ0v) is 19.2. The third-order valence-electron chi connectivity index (χ3n) is 4.79. The van der Waals surface area contributed by atoms with Crippen molar-refractivity contribution in [3.63, 3.8) is 0 Å². The minimum atomic E-state index is 0.215. The summed E-state index contributed by atoms with van der Waals surface area (Å²) in [7, 11) is 0. The van der Waals surface area contributed by atoms with Crippen LogP contribution in [0, 0.1) is 0 Å². The average molecular weight is 486 g/mol. The number of hydrogen-bond acceptors (Lipinski definition) is 5. The highest BCUT2D eigenvalue weighted by Crippen LogP contribution is 2.23. The second-order valence-electron chi connectivity index (χ2n) is 6.94. The van der Waals surface area contributed by atoms with Crippen molar-refractivity contribution in [2.45, 2.75) is 25.9 Å². The lowest BCUT2D eigenvalue weighted by atomic mass is 10.2. The van der Waals surface area contributed by atoms with Gasteiger partial charge < -0.3 is 9.47 Å². The van der Waals surface area contributed by atoms with Crippen molar-refractivity contribution in [2.75, 3.05) is 19.8 Å². The molecule has 0 saturated carbocycles. The third kappa shape index (κ3) is 5.28. The van der Waals surface area contributed by atoms with Crippen LogP contribution < -0.4 is 9.54 Å². The second kappa shape index (κ2) is 10.2. The summed E-state index contributed by atoms with van der Waals surface area (Å²) in [5.74, 6) is 0.862. The van der Waals surface area contributed by atoms with Gasteiger partial charge in [-0.2, -0.15) is 5.10 Å². The van der Waals surface area contributed by atoms with Crippen LogP contribution in [0.2, 0.25) is 0 Å². The lowest BCUT2D eigenvalue weighted by molar-refractivity contribution is 0.117. The van der Waals surface area contributed by atoms with E-state index < -0.39 is 0 Å². The molecule has 156 valence electrons. The molecule has 1 aliphatic heterocycles. The van der Waals surface area contributed by atoms with Crippen molar-refractivity contribution < 1.29 is 9.47 Å². The highest BCUT2D eigenvalue weighted by atomic mass is 79.9. The lowest BCUT2D eigenvalue weighted by Gasteiger charge is -2.06. The van der Waals surface area contributed by atoms with Gasteiger partial charge in [0.1, 0.15) is 5.75 Å². The van der Waals surface area contributed by atoms with Crippen LogP contribution in [-0.4, -0.2) is 36.8 Å². The Labute approximate surface area is 188 Å². The number of ether oxygens (including phenoxy) is 2. The van der Waals surface area contributed by atoms with E-state index >= 15 is 0 Å². The number of halogens is 1. The predicted molar refractivity (Wildman–Crippen MR) is 125 cm³/mol. The van der Waals surface area contributed by atoms with Crippen molar-refractivity contribution >= 4 is 33.5 Å². The largest absolute Gasteiger partial charge is 0.494 e. The molecule has 2 heterocycles. The summed E-state index contributed by atoms with van der Waals surface area (Å²) in [5, 5.41) is 6.88. The Morgan fingerprint density at radius 3 is 2.70 bits per heavy atom. The van der Waals surface area contributed by atoms with E-state index in [2.05, 4.69) is 33.4 Å². The molecule has 3 aromatic rings. The molecule has 4 rings (SSSR count). The summed E-state index contributed by atoms with van der Waals surface area (Å²) < 4.78 is 14.2. The Morgan fingerprint density at radius 2 is 2.00 bits per heavy atom. The molecule has 0 aliphatic carbocycles. The van der Waals surface area contributed by atoms with Gasteiger partial charge in [-0.25, -0.2) is 4.68 Å². The van der Waals surface area contributed by atoms with E-state index in [1.807, 2.05) is 54.2 Å². The standard InChI is InChI=1S/C23H24BrN3O2S/c1-2-28-20-11-5-17(6-12-20)14-26-27-22(18-7-9-19(24)10-8-18)16-30-23(27)25-15-21-4-3-13-29-21/h5-12,14,16,21H,2-4,13,15H2,1H3. The fraction of sp³-hybridized carbons (Fsp3) is 0.304. The van der Waals surface area contributed by atoms with Gasteiger partial charge in [0.05, 0.1) is 31.2 Å². The van der Waals surface area contributed by atoms with Crippen LogP contribution in [-0.2, 0) is 4.74 Å². The highest BCUT2D eigenvalue weighted by Gasteiger charge is 2.15. The molecule has 1 atom stereocenters. The van der Waals surface area contributed by atoms with Crippen LogP contribution in [0.25, 0.3) is 11.3 Å². The van der Waals surface area contributed by atoms with Gasteiger partial charge in [-0.05, 0) is 61.7 Å². The van der Waals surface area contributed by atoms with Gasteiger partial charge in [-0.3, -0.25) is 4.99 Å². The number of thiazole rings is 1. The lowest BCUT2D eigenvalue weighted by Crippen LogP contribution is -2.17. The van der Waals surface area contributed by atoms with Gasteiger partial charge in [0.2, 0.25) is 4.80 Å². The van der Waals surface area contributed by atoms with E-state index in [4.69, 9.17) is 19.6 Å². The molecule has 1 fully saturated rings. The maximum Gasteiger partial charge on any atom is 0.206 e. The molecule has 0 radical (unpaired) electrons. The van der Waals surface area contributed by atoms with Crippen molar-refractivity contribution in [2.24, 2.45) is 10.1 Å². The van der Waals surface area contributed by atoms with Gasteiger partial charge in [0, 0.05) is 22.0 Å². The molecular formula is C23H24BrN3O2S. The number of benzene rings is 2. The molecular weight excluding hydrogens is 462 g/mol. The van der Waals surface area contributed by atoms with Crippen LogP contribution in [0.5, 0.6) is 5.75 Å². The first-order valence-corrected chi connectivity index (χ1v) is 11.8. The number of rotatable bonds is 7. The van der Waals surface area contributed by atoms with Gasteiger partial charge in [0.25, 0.3) is 0 Å². The Morgan fingerprint density at radius 1 is 1.20 bits per heavy atom. The molecule has 0 N–H and O–H groups in total. The zero-order chi connectivity index (χ0) is 20.8. The maximum absolute atomic E-state index is 5.73. The maximum atomic E-state index is 5.73. The summed E-state index contributed by atoms with van der Waals surface area (Å²) in [6, 6.07) is 16.2. The SMILES string of the molecule is CCOc1ccc(C=Nn2c(-c3ccc(Br)cc3)csc2=NCC2CCCO2)cc1. The van der Waals surface area contributed by atoms with E-state index in [1.165, 1.54) is 0 Å². The van der Waals surface area contributed by atoms with Gasteiger partial charge in [0.15, 0.2) is 0 Å². The molecule has 1 saturated heterocycles. The van der Waals surface area contributed by atoms with Crippen LogP contribution in [0.15, 0.2) is 68.5 Å².